The van der Waals surface area contributed by atoms with Crippen LogP contribution < -0.4 is 4.72 Å². The van der Waals surface area contributed by atoms with Gasteiger partial charge in [-0.15, -0.1) is 11.3 Å². The van der Waals surface area contributed by atoms with E-state index >= 15 is 0 Å². The third-order valence-electron chi connectivity index (χ3n) is 4.50. The lowest BCUT2D eigenvalue weighted by atomic mass is 10.1. The van der Waals surface area contributed by atoms with E-state index < -0.39 is 16.0 Å². The summed E-state index contributed by atoms with van der Waals surface area (Å²) >= 11 is 1.35. The van der Waals surface area contributed by atoms with E-state index in [1.54, 1.807) is 20.8 Å². The molecule has 3 rings (SSSR count). The Morgan fingerprint density at radius 1 is 1.19 bits per heavy atom. The second-order valence-electron chi connectivity index (χ2n) is 6.62. The molecule has 2 aromatic rings. The van der Waals surface area contributed by atoms with Gasteiger partial charge in [-0.2, -0.15) is 0 Å². The molecule has 0 unspecified atom stereocenters. The van der Waals surface area contributed by atoms with Crippen molar-refractivity contribution < 1.29 is 17.9 Å². The summed E-state index contributed by atoms with van der Waals surface area (Å²) in [6, 6.07) is 3.70. The molecule has 1 heterocycles. The molecular formula is C19H23NO4S2. The summed E-state index contributed by atoms with van der Waals surface area (Å²) in [5.74, 6) is -0.457. The van der Waals surface area contributed by atoms with Gasteiger partial charge in [-0.1, -0.05) is 17.7 Å². The SMILES string of the molecule is CCOC(=O)c1c(NS(=O)(=O)c2c(C)cc(C)cc2C)sc2c1CCC2. The van der Waals surface area contributed by atoms with Gasteiger partial charge in [0.05, 0.1) is 17.1 Å². The van der Waals surface area contributed by atoms with Crippen molar-refractivity contribution in [3.63, 3.8) is 0 Å². The van der Waals surface area contributed by atoms with Crippen molar-refractivity contribution in [3.05, 3.63) is 44.8 Å². The van der Waals surface area contributed by atoms with E-state index in [4.69, 9.17) is 4.74 Å². The van der Waals surface area contributed by atoms with Crippen LogP contribution in [0.2, 0.25) is 0 Å². The van der Waals surface area contributed by atoms with Gasteiger partial charge in [-0.05, 0) is 63.6 Å². The third kappa shape index (κ3) is 3.38. The second kappa shape index (κ2) is 7.04. The number of carbonyl (C=O) groups is 1. The zero-order chi connectivity index (χ0) is 19.1. The van der Waals surface area contributed by atoms with Crippen LogP contribution in [0.25, 0.3) is 0 Å². The minimum absolute atomic E-state index is 0.256. The van der Waals surface area contributed by atoms with Crippen LogP contribution in [0.5, 0.6) is 0 Å². The average Bonchev–Trinajstić information content (AvgIpc) is 3.05. The van der Waals surface area contributed by atoms with Crippen LogP contribution in [0.1, 0.15) is 50.8 Å². The third-order valence-corrected chi connectivity index (χ3v) is 7.49. The van der Waals surface area contributed by atoms with Gasteiger partial charge in [-0.3, -0.25) is 4.72 Å². The number of nitrogens with one attached hydrogen (secondary N) is 1. The Balaban J connectivity index is 2.05. The molecule has 0 amide bonds. The molecule has 1 aliphatic carbocycles. The number of hydrogen-bond donors (Lipinski definition) is 1. The maximum absolute atomic E-state index is 13.1. The fourth-order valence-electron chi connectivity index (χ4n) is 3.66. The Labute approximate surface area is 158 Å². The molecule has 5 nitrogen and oxygen atoms in total. The highest BCUT2D eigenvalue weighted by Gasteiger charge is 2.30. The normalized spacial score (nSPS) is 13.5. The van der Waals surface area contributed by atoms with Crippen LogP contribution in [-0.4, -0.2) is 21.0 Å². The fourth-order valence-corrected chi connectivity index (χ4v) is 6.70. The zero-order valence-electron chi connectivity index (χ0n) is 15.4. The lowest BCUT2D eigenvalue weighted by Crippen LogP contribution is -2.18. The highest BCUT2D eigenvalue weighted by Crippen LogP contribution is 2.40. The van der Waals surface area contributed by atoms with Crippen molar-refractivity contribution in [1.29, 1.82) is 0 Å². The highest BCUT2D eigenvalue weighted by molar-refractivity contribution is 7.93. The van der Waals surface area contributed by atoms with E-state index in [1.165, 1.54) is 11.3 Å². The summed E-state index contributed by atoms with van der Waals surface area (Å²) in [4.78, 5) is 13.8. The molecule has 0 atom stereocenters. The van der Waals surface area contributed by atoms with Crippen LogP contribution in [0.15, 0.2) is 17.0 Å². The first-order chi connectivity index (χ1) is 12.2. The van der Waals surface area contributed by atoms with Gasteiger partial charge < -0.3 is 4.74 Å². The predicted octanol–water partition coefficient (Wildman–Crippen LogP) is 4.14. The summed E-state index contributed by atoms with van der Waals surface area (Å²) in [5.41, 5.74) is 3.72. The Bertz CT molecular complexity index is 951. The van der Waals surface area contributed by atoms with Crippen molar-refractivity contribution in [2.45, 2.75) is 51.9 Å². The Kier molecular flexibility index (Phi) is 5.12. The molecule has 7 heteroatoms. The fraction of sp³-hybridized carbons (Fsp3) is 0.421. The van der Waals surface area contributed by atoms with E-state index in [0.717, 1.165) is 35.3 Å². The van der Waals surface area contributed by atoms with Crippen molar-refractivity contribution in [2.75, 3.05) is 11.3 Å². The number of thiophene rings is 1. The van der Waals surface area contributed by atoms with Gasteiger partial charge in [-0.25, -0.2) is 13.2 Å². The maximum atomic E-state index is 13.1. The summed E-state index contributed by atoms with van der Waals surface area (Å²) in [6.07, 6.45) is 2.64. The second-order valence-corrected chi connectivity index (χ2v) is 9.34. The molecule has 26 heavy (non-hydrogen) atoms. The number of aryl methyl sites for hydroxylation is 4. The molecule has 1 aromatic heterocycles. The smallest absolute Gasteiger partial charge is 0.341 e. The summed E-state index contributed by atoms with van der Waals surface area (Å²) < 4.78 is 33.9. The molecule has 0 aliphatic heterocycles. The number of anilines is 1. The molecule has 1 aromatic carbocycles. The number of ether oxygens (including phenoxy) is 1. The number of fused-ring (bicyclic) bond motifs is 1. The van der Waals surface area contributed by atoms with Crippen molar-refractivity contribution >= 4 is 32.3 Å². The van der Waals surface area contributed by atoms with Gasteiger partial charge in [0, 0.05) is 4.88 Å². The number of hydrogen-bond acceptors (Lipinski definition) is 5. The average molecular weight is 394 g/mol. The molecule has 0 fully saturated rings. The van der Waals surface area contributed by atoms with Gasteiger partial charge in [0.15, 0.2) is 0 Å². The predicted molar refractivity (Wildman–Crippen MR) is 104 cm³/mol. The number of benzene rings is 1. The molecule has 0 radical (unpaired) electrons. The molecule has 0 saturated heterocycles. The number of carbonyl (C=O) groups excluding carboxylic acids is 1. The van der Waals surface area contributed by atoms with Gasteiger partial charge in [0.2, 0.25) is 0 Å². The largest absolute Gasteiger partial charge is 0.462 e. The first-order valence-electron chi connectivity index (χ1n) is 8.67. The Morgan fingerprint density at radius 2 is 1.85 bits per heavy atom. The topological polar surface area (TPSA) is 72.5 Å². The Morgan fingerprint density at radius 3 is 2.46 bits per heavy atom. The van der Waals surface area contributed by atoms with Crippen LogP contribution in [0, 0.1) is 20.8 Å². The molecule has 0 bridgehead atoms. The molecule has 140 valence electrons. The maximum Gasteiger partial charge on any atom is 0.341 e. The van der Waals surface area contributed by atoms with Crippen LogP contribution >= 0.6 is 11.3 Å². The minimum atomic E-state index is -3.80. The van der Waals surface area contributed by atoms with Crippen molar-refractivity contribution in [3.8, 4) is 0 Å². The minimum Gasteiger partial charge on any atom is -0.462 e. The lowest BCUT2D eigenvalue weighted by molar-refractivity contribution is 0.0527. The molecule has 1 N–H and O–H groups in total. The van der Waals surface area contributed by atoms with E-state index in [1.807, 2.05) is 19.1 Å². The van der Waals surface area contributed by atoms with E-state index in [0.29, 0.717) is 21.7 Å². The summed E-state index contributed by atoms with van der Waals surface area (Å²) in [5, 5.41) is 0.368. The summed E-state index contributed by atoms with van der Waals surface area (Å²) in [6.45, 7) is 7.51. The monoisotopic (exact) mass is 393 g/mol. The molecule has 0 saturated carbocycles. The first-order valence-corrected chi connectivity index (χ1v) is 11.0. The van der Waals surface area contributed by atoms with E-state index in [-0.39, 0.29) is 11.5 Å². The van der Waals surface area contributed by atoms with E-state index in [2.05, 4.69) is 4.72 Å². The first kappa shape index (κ1) is 18.9. The molecule has 0 spiro atoms. The Hall–Kier alpha value is -1.86. The quantitative estimate of drug-likeness (QED) is 0.775. The number of sulfonamides is 1. The van der Waals surface area contributed by atoms with Gasteiger partial charge in [0.25, 0.3) is 10.0 Å². The number of esters is 1. The standard InChI is InChI=1S/C19H23NO4S2/c1-5-24-19(21)16-14-7-6-8-15(14)25-18(16)20-26(22,23)17-12(3)9-11(2)10-13(17)4/h9-10,20H,5-8H2,1-4H3. The zero-order valence-corrected chi connectivity index (χ0v) is 17.1. The van der Waals surface area contributed by atoms with Gasteiger partial charge in [0.1, 0.15) is 5.00 Å². The van der Waals surface area contributed by atoms with Crippen molar-refractivity contribution in [2.24, 2.45) is 0 Å². The molecule has 1 aliphatic rings. The van der Waals surface area contributed by atoms with Crippen molar-refractivity contribution in [1.82, 2.24) is 0 Å². The summed E-state index contributed by atoms with van der Waals surface area (Å²) in [7, 11) is -3.80. The van der Waals surface area contributed by atoms with Crippen LogP contribution in [0.3, 0.4) is 0 Å². The van der Waals surface area contributed by atoms with Gasteiger partial charge >= 0.3 is 5.97 Å². The van der Waals surface area contributed by atoms with E-state index in [9.17, 15) is 13.2 Å². The lowest BCUT2D eigenvalue weighted by Gasteiger charge is -2.14. The van der Waals surface area contributed by atoms with Crippen LogP contribution in [-0.2, 0) is 27.6 Å². The molecular weight excluding hydrogens is 370 g/mol. The number of rotatable bonds is 5. The van der Waals surface area contributed by atoms with Crippen LogP contribution in [0.4, 0.5) is 5.00 Å². The highest BCUT2D eigenvalue weighted by atomic mass is 32.2.